The molecule has 0 spiro atoms. The second-order valence-electron chi connectivity index (χ2n) is 8.14. The summed E-state index contributed by atoms with van der Waals surface area (Å²) in [7, 11) is 0. The van der Waals surface area contributed by atoms with Crippen LogP contribution in [0.5, 0.6) is 0 Å². The molecule has 1 fully saturated rings. The molecule has 0 bridgehead atoms. The summed E-state index contributed by atoms with van der Waals surface area (Å²) in [5.74, 6) is 0.871. The van der Waals surface area contributed by atoms with Crippen LogP contribution in [0.15, 0.2) is 65.3 Å². The normalized spacial score (nSPS) is 16.6. The first-order valence-electron chi connectivity index (χ1n) is 11.0. The van der Waals surface area contributed by atoms with Gasteiger partial charge in [-0.3, -0.25) is 4.79 Å². The van der Waals surface area contributed by atoms with Crippen molar-refractivity contribution in [3.8, 4) is 0 Å². The van der Waals surface area contributed by atoms with Crippen molar-refractivity contribution >= 4 is 33.8 Å². The van der Waals surface area contributed by atoms with E-state index in [9.17, 15) is 4.79 Å². The number of amides is 1. The lowest BCUT2D eigenvalue weighted by Gasteiger charge is -2.32. The van der Waals surface area contributed by atoms with Crippen LogP contribution in [0.2, 0.25) is 0 Å². The zero-order chi connectivity index (χ0) is 21.0. The second-order valence-corrected chi connectivity index (χ2v) is 8.14. The largest absolute Gasteiger partial charge is 0.450 e. The summed E-state index contributed by atoms with van der Waals surface area (Å²) in [4.78, 5) is 23.9. The number of para-hydroxylation sites is 1. The van der Waals surface area contributed by atoms with Gasteiger partial charge in [-0.2, -0.15) is 0 Å². The first-order chi connectivity index (χ1) is 15.3. The minimum atomic E-state index is -0.0418. The molecule has 158 valence electrons. The molecular weight excluding hydrogens is 388 g/mol. The number of nitrogens with zero attached hydrogens (tertiary/aromatic N) is 3. The van der Waals surface area contributed by atoms with Gasteiger partial charge in [-0.15, -0.1) is 0 Å². The molecule has 1 N–H and O–H groups in total. The number of piperidine rings is 1. The van der Waals surface area contributed by atoms with Gasteiger partial charge >= 0.3 is 0 Å². The van der Waals surface area contributed by atoms with E-state index in [1.165, 1.54) is 5.56 Å². The fourth-order valence-electron chi connectivity index (χ4n) is 4.41. The van der Waals surface area contributed by atoms with Gasteiger partial charge in [0, 0.05) is 25.0 Å². The van der Waals surface area contributed by atoms with Crippen molar-refractivity contribution in [1.29, 1.82) is 0 Å². The van der Waals surface area contributed by atoms with Crippen LogP contribution in [-0.2, 0) is 11.2 Å². The van der Waals surface area contributed by atoms with Crippen LogP contribution in [-0.4, -0.2) is 35.5 Å². The zero-order valence-electron chi connectivity index (χ0n) is 17.5. The number of benzene rings is 2. The topological polar surface area (TPSA) is 71.3 Å². The minimum Gasteiger partial charge on any atom is -0.450 e. The van der Waals surface area contributed by atoms with E-state index in [1.807, 2.05) is 30.3 Å². The first-order valence-corrected chi connectivity index (χ1v) is 11.0. The van der Waals surface area contributed by atoms with Crippen LogP contribution < -0.4 is 10.2 Å². The number of hydrogen-bond acceptors (Lipinski definition) is 5. The summed E-state index contributed by atoms with van der Waals surface area (Å²) < 4.78 is 6.09. The van der Waals surface area contributed by atoms with Crippen LogP contribution in [0.4, 0.5) is 5.82 Å². The Hall–Kier alpha value is -3.41. The van der Waals surface area contributed by atoms with Crippen LogP contribution in [0.1, 0.15) is 24.8 Å². The standard InChI is InChI=1S/C25H26N4O2/c30-25(26-14-6-10-18-8-2-1-3-9-18)19-11-7-15-29(16-19)24-23-22(27-17-28-24)20-12-4-5-13-21(20)31-23/h1-5,8-9,12-13,17,19H,6-7,10-11,14-16H2,(H,26,30). The van der Waals surface area contributed by atoms with E-state index in [0.717, 1.165) is 54.5 Å². The van der Waals surface area contributed by atoms with E-state index in [4.69, 9.17) is 4.42 Å². The highest BCUT2D eigenvalue weighted by atomic mass is 16.3. The van der Waals surface area contributed by atoms with Gasteiger partial charge in [0.2, 0.25) is 5.91 Å². The highest BCUT2D eigenvalue weighted by Gasteiger charge is 2.28. The number of hydrogen-bond donors (Lipinski definition) is 1. The lowest BCUT2D eigenvalue weighted by molar-refractivity contribution is -0.125. The molecule has 1 aliphatic heterocycles. The monoisotopic (exact) mass is 414 g/mol. The molecule has 1 unspecified atom stereocenters. The summed E-state index contributed by atoms with van der Waals surface area (Å²) in [5.41, 5.74) is 3.64. The van der Waals surface area contributed by atoms with Crippen molar-refractivity contribution in [2.24, 2.45) is 5.92 Å². The van der Waals surface area contributed by atoms with Crippen LogP contribution in [0.25, 0.3) is 22.1 Å². The fourth-order valence-corrected chi connectivity index (χ4v) is 4.41. The number of nitrogens with one attached hydrogen (secondary N) is 1. The average Bonchev–Trinajstić information content (AvgIpc) is 3.21. The van der Waals surface area contributed by atoms with E-state index in [2.05, 4.69) is 44.5 Å². The average molecular weight is 415 g/mol. The summed E-state index contributed by atoms with van der Waals surface area (Å²) in [6.45, 7) is 2.21. The molecule has 1 amide bonds. The number of furan rings is 1. The molecule has 2 aromatic heterocycles. The third kappa shape index (κ3) is 4.10. The van der Waals surface area contributed by atoms with Crippen molar-refractivity contribution in [2.45, 2.75) is 25.7 Å². The maximum atomic E-state index is 12.8. The minimum absolute atomic E-state index is 0.0418. The number of carbonyl (C=O) groups is 1. The van der Waals surface area contributed by atoms with Gasteiger partial charge in [0.25, 0.3) is 0 Å². The van der Waals surface area contributed by atoms with Crippen molar-refractivity contribution in [1.82, 2.24) is 15.3 Å². The van der Waals surface area contributed by atoms with E-state index in [1.54, 1.807) is 6.33 Å². The molecule has 31 heavy (non-hydrogen) atoms. The number of anilines is 1. The summed E-state index contributed by atoms with van der Waals surface area (Å²) in [5, 5.41) is 4.12. The van der Waals surface area contributed by atoms with Gasteiger partial charge in [-0.05, 0) is 43.4 Å². The Kier molecular flexibility index (Phi) is 5.52. The van der Waals surface area contributed by atoms with Gasteiger partial charge in [-0.1, -0.05) is 42.5 Å². The molecule has 0 aliphatic carbocycles. The summed E-state index contributed by atoms with van der Waals surface area (Å²) in [6, 6.07) is 18.3. The predicted molar refractivity (Wildman–Crippen MR) is 122 cm³/mol. The Morgan fingerprint density at radius 1 is 1.10 bits per heavy atom. The van der Waals surface area contributed by atoms with Gasteiger partial charge in [-0.25, -0.2) is 9.97 Å². The van der Waals surface area contributed by atoms with E-state index < -0.39 is 0 Å². The van der Waals surface area contributed by atoms with Gasteiger partial charge < -0.3 is 14.6 Å². The maximum absolute atomic E-state index is 12.8. The molecule has 3 heterocycles. The quantitative estimate of drug-likeness (QED) is 0.475. The Balaban J connectivity index is 1.24. The van der Waals surface area contributed by atoms with E-state index in [0.29, 0.717) is 18.7 Å². The van der Waals surface area contributed by atoms with Crippen molar-refractivity contribution in [2.75, 3.05) is 24.5 Å². The molecule has 6 nitrogen and oxygen atoms in total. The van der Waals surface area contributed by atoms with Crippen molar-refractivity contribution < 1.29 is 9.21 Å². The molecular formula is C25H26N4O2. The van der Waals surface area contributed by atoms with Gasteiger partial charge in [0.15, 0.2) is 11.4 Å². The third-order valence-corrected chi connectivity index (χ3v) is 6.02. The zero-order valence-corrected chi connectivity index (χ0v) is 17.5. The molecule has 0 radical (unpaired) electrons. The maximum Gasteiger partial charge on any atom is 0.224 e. The summed E-state index contributed by atoms with van der Waals surface area (Å²) in [6.07, 6.45) is 5.36. The SMILES string of the molecule is O=C(NCCCc1ccccc1)C1CCCN(c2ncnc3c2oc2ccccc23)C1. The van der Waals surface area contributed by atoms with Crippen LogP contribution in [0.3, 0.4) is 0 Å². The van der Waals surface area contributed by atoms with E-state index in [-0.39, 0.29) is 11.8 Å². The molecule has 0 saturated carbocycles. The number of fused-ring (bicyclic) bond motifs is 3. The molecule has 1 atom stereocenters. The molecule has 1 aliphatic rings. The smallest absolute Gasteiger partial charge is 0.224 e. The van der Waals surface area contributed by atoms with Crippen molar-refractivity contribution in [3.05, 3.63) is 66.5 Å². The van der Waals surface area contributed by atoms with E-state index >= 15 is 0 Å². The van der Waals surface area contributed by atoms with Gasteiger partial charge in [0.05, 0.1) is 5.92 Å². The Morgan fingerprint density at radius 2 is 1.94 bits per heavy atom. The Labute approximate surface area is 181 Å². The highest BCUT2D eigenvalue weighted by molar-refractivity contribution is 6.05. The fraction of sp³-hybridized carbons (Fsp3) is 0.320. The Morgan fingerprint density at radius 3 is 2.84 bits per heavy atom. The molecule has 6 heteroatoms. The predicted octanol–water partition coefficient (Wildman–Crippen LogP) is 4.34. The molecule has 4 aromatic rings. The number of carbonyl (C=O) groups excluding carboxylic acids is 1. The Bertz CT molecular complexity index is 1190. The number of aryl methyl sites for hydroxylation is 1. The number of aromatic nitrogens is 2. The molecule has 1 saturated heterocycles. The summed E-state index contributed by atoms with van der Waals surface area (Å²) >= 11 is 0. The first kappa shape index (κ1) is 19.5. The van der Waals surface area contributed by atoms with Crippen molar-refractivity contribution in [3.63, 3.8) is 0 Å². The molecule has 2 aromatic carbocycles. The van der Waals surface area contributed by atoms with Gasteiger partial charge in [0.1, 0.15) is 17.4 Å². The lowest BCUT2D eigenvalue weighted by atomic mass is 9.97. The third-order valence-electron chi connectivity index (χ3n) is 6.02. The molecule has 5 rings (SSSR count). The lowest BCUT2D eigenvalue weighted by Crippen LogP contribution is -2.43. The van der Waals surface area contributed by atoms with Crippen LogP contribution >= 0.6 is 0 Å². The second kappa shape index (κ2) is 8.76. The highest BCUT2D eigenvalue weighted by Crippen LogP contribution is 2.33. The van der Waals surface area contributed by atoms with Crippen LogP contribution in [0, 0.1) is 5.92 Å². The number of rotatable bonds is 6.